The summed E-state index contributed by atoms with van der Waals surface area (Å²) in [6.45, 7) is 0. The lowest BCUT2D eigenvalue weighted by Crippen LogP contribution is -2.05. The van der Waals surface area contributed by atoms with Crippen molar-refractivity contribution in [2.45, 2.75) is 38.5 Å². The molecule has 0 unspecified atom stereocenters. The van der Waals surface area contributed by atoms with Crippen LogP contribution in [0.15, 0.2) is 53.1 Å². The number of aryl methyl sites for hydroxylation is 1. The molecule has 0 spiro atoms. The van der Waals surface area contributed by atoms with E-state index in [0.717, 1.165) is 25.7 Å². The van der Waals surface area contributed by atoms with Crippen molar-refractivity contribution < 1.29 is 9.21 Å². The summed E-state index contributed by atoms with van der Waals surface area (Å²) in [6.07, 6.45) is 6.44. The van der Waals surface area contributed by atoms with Crippen LogP contribution < -0.4 is 0 Å². The summed E-state index contributed by atoms with van der Waals surface area (Å²) in [4.78, 5) is 13.3. The van der Waals surface area contributed by atoms with E-state index < -0.39 is 0 Å². The smallest absolute Gasteiger partial charge is 0.239 e. The Kier molecular flexibility index (Phi) is 5.50. The van der Waals surface area contributed by atoms with Crippen LogP contribution in [0.2, 0.25) is 0 Å². The minimum Gasteiger partial charge on any atom is -0.445 e. The van der Waals surface area contributed by atoms with Gasteiger partial charge in [-0.25, -0.2) is 0 Å². The number of hydrogen-bond donors (Lipinski definition) is 0. The molecule has 3 aromatic rings. The summed E-state index contributed by atoms with van der Waals surface area (Å²) in [5.74, 6) is 1.07. The molecule has 0 atom stereocenters. The first-order valence-electron chi connectivity index (χ1n) is 8.20. The first-order valence-corrected chi connectivity index (χ1v) is 8.20. The molecule has 0 aliphatic rings. The third kappa shape index (κ3) is 4.62. The highest BCUT2D eigenvalue weighted by Crippen LogP contribution is 2.09. The van der Waals surface area contributed by atoms with Crippen molar-refractivity contribution in [3.05, 3.63) is 60.1 Å². The van der Waals surface area contributed by atoms with Crippen molar-refractivity contribution in [1.82, 2.24) is 20.2 Å². The van der Waals surface area contributed by atoms with E-state index in [9.17, 15) is 4.79 Å². The van der Waals surface area contributed by atoms with Crippen molar-refractivity contribution in [2.75, 3.05) is 0 Å². The van der Waals surface area contributed by atoms with E-state index >= 15 is 0 Å². The Bertz CT molecular complexity index is 750. The monoisotopic (exact) mass is 324 g/mol. The summed E-state index contributed by atoms with van der Waals surface area (Å²) in [7, 11) is 0. The minimum absolute atomic E-state index is 0.147. The van der Waals surface area contributed by atoms with Crippen molar-refractivity contribution >= 4 is 5.78 Å². The standard InChI is InChI=1S/C18H20N4O2/c23-16(11-6-2-5-10-15-8-3-1-4-9-15)14-17-19-21-22(20-17)18-12-7-13-24-18/h1,3-4,7-9,12-13H,2,5-6,10-11,14H2. The molecule has 124 valence electrons. The highest BCUT2D eigenvalue weighted by atomic mass is 16.3. The number of carbonyl (C=O) groups excluding carboxylic acids is 1. The molecular formula is C18H20N4O2. The van der Waals surface area contributed by atoms with Crippen LogP contribution >= 0.6 is 0 Å². The third-order valence-corrected chi connectivity index (χ3v) is 3.78. The quantitative estimate of drug-likeness (QED) is 0.565. The van der Waals surface area contributed by atoms with Crippen LogP contribution in [0.1, 0.15) is 37.1 Å². The van der Waals surface area contributed by atoms with Gasteiger partial charge in [0, 0.05) is 12.5 Å². The Hall–Kier alpha value is -2.76. The number of aromatic nitrogens is 4. The Morgan fingerprint density at radius 1 is 1.04 bits per heavy atom. The van der Waals surface area contributed by atoms with Gasteiger partial charge in [0.05, 0.1) is 12.7 Å². The highest BCUT2D eigenvalue weighted by Gasteiger charge is 2.11. The minimum atomic E-state index is 0.147. The van der Waals surface area contributed by atoms with Crippen LogP contribution in [-0.4, -0.2) is 26.0 Å². The van der Waals surface area contributed by atoms with Crippen molar-refractivity contribution in [3.63, 3.8) is 0 Å². The first kappa shape index (κ1) is 16.1. The van der Waals surface area contributed by atoms with Gasteiger partial charge in [-0.1, -0.05) is 41.5 Å². The molecule has 6 nitrogen and oxygen atoms in total. The van der Waals surface area contributed by atoms with E-state index in [1.165, 1.54) is 10.4 Å². The van der Waals surface area contributed by atoms with E-state index in [1.54, 1.807) is 18.4 Å². The number of nitrogens with zero attached hydrogens (tertiary/aromatic N) is 4. The Labute approximate surface area is 140 Å². The zero-order valence-corrected chi connectivity index (χ0v) is 13.5. The number of carbonyl (C=O) groups is 1. The number of unbranched alkanes of at least 4 members (excludes halogenated alkanes) is 2. The van der Waals surface area contributed by atoms with Gasteiger partial charge in [-0.15, -0.1) is 10.2 Å². The number of ketones is 1. The van der Waals surface area contributed by atoms with Gasteiger partial charge < -0.3 is 4.42 Å². The molecule has 0 aliphatic heterocycles. The fraction of sp³-hybridized carbons (Fsp3) is 0.333. The van der Waals surface area contributed by atoms with E-state index in [4.69, 9.17) is 4.42 Å². The van der Waals surface area contributed by atoms with Crippen molar-refractivity contribution in [3.8, 4) is 5.88 Å². The number of rotatable bonds is 9. The second kappa shape index (κ2) is 8.19. The molecule has 0 bridgehead atoms. The second-order valence-electron chi connectivity index (χ2n) is 5.71. The van der Waals surface area contributed by atoms with E-state index in [0.29, 0.717) is 18.1 Å². The third-order valence-electron chi connectivity index (χ3n) is 3.78. The molecule has 0 saturated heterocycles. The normalized spacial score (nSPS) is 10.8. The molecule has 2 aromatic heterocycles. The fourth-order valence-electron chi connectivity index (χ4n) is 2.53. The Morgan fingerprint density at radius 3 is 2.71 bits per heavy atom. The van der Waals surface area contributed by atoms with Crippen LogP contribution in [-0.2, 0) is 17.6 Å². The van der Waals surface area contributed by atoms with Gasteiger partial charge in [0.2, 0.25) is 5.88 Å². The van der Waals surface area contributed by atoms with Crippen molar-refractivity contribution in [1.29, 1.82) is 0 Å². The topological polar surface area (TPSA) is 73.8 Å². The predicted octanol–water partition coefficient (Wildman–Crippen LogP) is 3.17. The molecule has 3 rings (SSSR count). The number of hydrogen-bond acceptors (Lipinski definition) is 5. The van der Waals surface area contributed by atoms with Gasteiger partial charge >= 0.3 is 0 Å². The molecule has 2 heterocycles. The van der Waals surface area contributed by atoms with Gasteiger partial charge in [-0.05, 0) is 36.1 Å². The van der Waals surface area contributed by atoms with Gasteiger partial charge in [0.15, 0.2) is 5.82 Å². The molecule has 0 aliphatic carbocycles. The average molecular weight is 324 g/mol. The van der Waals surface area contributed by atoms with Crippen LogP contribution in [0.3, 0.4) is 0 Å². The van der Waals surface area contributed by atoms with Gasteiger partial charge in [0.1, 0.15) is 5.78 Å². The van der Waals surface area contributed by atoms with Gasteiger partial charge in [-0.3, -0.25) is 4.79 Å². The molecule has 1 aromatic carbocycles. The van der Waals surface area contributed by atoms with Crippen LogP contribution in [0, 0.1) is 0 Å². The zero-order chi connectivity index (χ0) is 16.6. The molecule has 0 N–H and O–H groups in total. The van der Waals surface area contributed by atoms with E-state index in [1.807, 2.05) is 6.07 Å². The SMILES string of the molecule is O=C(CCCCCc1ccccc1)Cc1nnn(-c2ccco2)n1. The maximum Gasteiger partial charge on any atom is 0.239 e. The molecular weight excluding hydrogens is 304 g/mol. The maximum absolute atomic E-state index is 12.0. The summed E-state index contributed by atoms with van der Waals surface area (Å²) in [5, 5.41) is 11.9. The zero-order valence-electron chi connectivity index (χ0n) is 13.5. The van der Waals surface area contributed by atoms with Gasteiger partial charge in [0.25, 0.3) is 0 Å². The predicted molar refractivity (Wildman–Crippen MR) is 88.7 cm³/mol. The molecule has 6 heteroatoms. The lowest BCUT2D eigenvalue weighted by Gasteiger charge is -2.01. The molecule has 24 heavy (non-hydrogen) atoms. The first-order chi connectivity index (χ1) is 11.8. The molecule has 0 amide bonds. The average Bonchev–Trinajstić information content (AvgIpc) is 3.27. The largest absolute Gasteiger partial charge is 0.445 e. The molecule has 0 radical (unpaired) electrons. The van der Waals surface area contributed by atoms with Crippen LogP contribution in [0.5, 0.6) is 0 Å². The molecule has 0 fully saturated rings. The summed E-state index contributed by atoms with van der Waals surface area (Å²) >= 11 is 0. The molecule has 0 saturated carbocycles. The summed E-state index contributed by atoms with van der Waals surface area (Å²) < 4.78 is 5.18. The summed E-state index contributed by atoms with van der Waals surface area (Å²) in [6, 6.07) is 13.9. The van der Waals surface area contributed by atoms with Crippen LogP contribution in [0.4, 0.5) is 0 Å². The highest BCUT2D eigenvalue weighted by molar-refractivity contribution is 5.79. The number of Topliss-reactive ketones (excluding diaryl/α,β-unsaturated/α-hetero) is 1. The lowest BCUT2D eigenvalue weighted by atomic mass is 10.0. The Balaban J connectivity index is 1.35. The number of tetrazole rings is 1. The Morgan fingerprint density at radius 2 is 1.92 bits per heavy atom. The van der Waals surface area contributed by atoms with Crippen molar-refractivity contribution in [2.24, 2.45) is 0 Å². The fourth-order valence-corrected chi connectivity index (χ4v) is 2.53. The number of benzene rings is 1. The maximum atomic E-state index is 12.0. The van der Waals surface area contributed by atoms with E-state index in [-0.39, 0.29) is 12.2 Å². The van der Waals surface area contributed by atoms with E-state index in [2.05, 4.69) is 39.7 Å². The number of furan rings is 1. The summed E-state index contributed by atoms with van der Waals surface area (Å²) in [5.41, 5.74) is 1.35. The van der Waals surface area contributed by atoms with Crippen LogP contribution in [0.25, 0.3) is 5.88 Å². The second-order valence-corrected chi connectivity index (χ2v) is 5.71. The van der Waals surface area contributed by atoms with Gasteiger partial charge in [-0.2, -0.15) is 0 Å². The lowest BCUT2D eigenvalue weighted by molar-refractivity contribution is -0.118.